The molecule has 0 unspecified atom stereocenters. The number of nitrogens with zero attached hydrogens (tertiary/aromatic N) is 3. The maximum absolute atomic E-state index is 10.7. The van der Waals surface area contributed by atoms with Crippen molar-refractivity contribution in [1.29, 1.82) is 0 Å². The lowest BCUT2D eigenvalue weighted by molar-refractivity contribution is -0.133. The molecule has 5 nitrogen and oxygen atoms in total. The summed E-state index contributed by atoms with van der Waals surface area (Å²) >= 11 is 1.21. The largest absolute Gasteiger partial charge is 0.481 e. The van der Waals surface area contributed by atoms with E-state index in [9.17, 15) is 4.79 Å². The van der Waals surface area contributed by atoms with E-state index in [0.717, 1.165) is 18.7 Å². The second kappa shape index (κ2) is 7.26. The van der Waals surface area contributed by atoms with Crippen molar-refractivity contribution >= 4 is 17.7 Å². The van der Waals surface area contributed by atoms with Crippen LogP contribution in [0.25, 0.3) is 0 Å². The smallest absolute Gasteiger partial charge is 0.313 e. The van der Waals surface area contributed by atoms with Crippen molar-refractivity contribution in [3.05, 3.63) is 41.2 Å². The van der Waals surface area contributed by atoms with E-state index in [1.54, 1.807) is 0 Å². The summed E-state index contributed by atoms with van der Waals surface area (Å²) in [6, 6.07) is 8.44. The molecule has 1 aromatic heterocycles. The number of carboxylic acids is 1. The maximum atomic E-state index is 10.7. The number of hydrogen-bond acceptors (Lipinski definition) is 4. The fraction of sp³-hybridized carbons (Fsp3) is 0.400. The molecule has 0 aliphatic rings. The minimum Gasteiger partial charge on any atom is -0.481 e. The van der Waals surface area contributed by atoms with Crippen molar-refractivity contribution in [3.63, 3.8) is 0 Å². The Morgan fingerprint density at radius 2 is 1.81 bits per heavy atom. The molecule has 0 spiro atoms. The van der Waals surface area contributed by atoms with Gasteiger partial charge in [0.25, 0.3) is 0 Å². The summed E-state index contributed by atoms with van der Waals surface area (Å²) in [5, 5.41) is 17.7. The van der Waals surface area contributed by atoms with Crippen LogP contribution in [0.3, 0.4) is 0 Å². The number of rotatable bonds is 7. The van der Waals surface area contributed by atoms with Crippen LogP contribution in [0.2, 0.25) is 0 Å². The molecule has 1 N–H and O–H groups in total. The van der Waals surface area contributed by atoms with Gasteiger partial charge in [0, 0.05) is 6.42 Å². The highest BCUT2D eigenvalue weighted by molar-refractivity contribution is 7.99. The van der Waals surface area contributed by atoms with Crippen LogP contribution in [-0.2, 0) is 24.2 Å². The minimum atomic E-state index is -0.847. The first-order valence-corrected chi connectivity index (χ1v) is 7.97. The van der Waals surface area contributed by atoms with Crippen molar-refractivity contribution in [1.82, 2.24) is 14.8 Å². The van der Waals surface area contributed by atoms with E-state index < -0.39 is 5.97 Å². The van der Waals surface area contributed by atoms with Crippen LogP contribution >= 0.6 is 11.8 Å². The topological polar surface area (TPSA) is 68.0 Å². The highest BCUT2D eigenvalue weighted by Gasteiger charge is 2.13. The number of hydrogen-bond donors (Lipinski definition) is 1. The van der Waals surface area contributed by atoms with Crippen molar-refractivity contribution in [3.8, 4) is 0 Å². The number of aryl methyl sites for hydroxylation is 2. The first-order chi connectivity index (χ1) is 10.1. The van der Waals surface area contributed by atoms with Crippen LogP contribution in [0.5, 0.6) is 0 Å². The third-order valence-corrected chi connectivity index (χ3v) is 4.16. The first-order valence-electron chi connectivity index (χ1n) is 6.98. The lowest BCUT2D eigenvalue weighted by atomic mass is 10.1. The zero-order valence-electron chi connectivity index (χ0n) is 12.2. The van der Waals surface area contributed by atoms with Crippen LogP contribution in [0.15, 0.2) is 29.4 Å². The van der Waals surface area contributed by atoms with Crippen LogP contribution < -0.4 is 0 Å². The van der Waals surface area contributed by atoms with Gasteiger partial charge in [-0.3, -0.25) is 4.79 Å². The van der Waals surface area contributed by atoms with Gasteiger partial charge in [0.2, 0.25) is 0 Å². The molecule has 0 radical (unpaired) electrons. The Kier molecular flexibility index (Phi) is 5.38. The summed E-state index contributed by atoms with van der Waals surface area (Å²) in [7, 11) is 0. The van der Waals surface area contributed by atoms with Gasteiger partial charge in [-0.15, -0.1) is 10.2 Å². The summed E-state index contributed by atoms with van der Waals surface area (Å²) in [5.74, 6) is 0.0266. The average Bonchev–Trinajstić information content (AvgIpc) is 2.88. The Morgan fingerprint density at radius 3 is 2.38 bits per heavy atom. The molecule has 0 saturated heterocycles. The van der Waals surface area contributed by atoms with Gasteiger partial charge in [0.05, 0.1) is 12.3 Å². The number of aliphatic carboxylic acids is 1. The predicted molar refractivity (Wildman–Crippen MR) is 82.7 cm³/mol. The Bertz CT molecular complexity index is 608. The highest BCUT2D eigenvalue weighted by Crippen LogP contribution is 2.19. The summed E-state index contributed by atoms with van der Waals surface area (Å²) in [6.07, 6.45) is 1.79. The number of thioether (sulfide) groups is 1. The van der Waals surface area contributed by atoms with Gasteiger partial charge in [-0.25, -0.2) is 0 Å². The van der Waals surface area contributed by atoms with E-state index in [2.05, 4.69) is 41.4 Å². The fourth-order valence-electron chi connectivity index (χ4n) is 2.04. The highest BCUT2D eigenvalue weighted by atomic mass is 32.2. The molecule has 0 aliphatic carbocycles. The molecule has 0 bridgehead atoms. The molecule has 0 aliphatic heterocycles. The Hall–Kier alpha value is -1.82. The van der Waals surface area contributed by atoms with E-state index in [0.29, 0.717) is 11.7 Å². The molecular formula is C15H19N3O2S. The van der Waals surface area contributed by atoms with Gasteiger partial charge in [-0.1, -0.05) is 49.9 Å². The number of benzene rings is 1. The quantitative estimate of drug-likeness (QED) is 0.796. The van der Waals surface area contributed by atoms with Crippen molar-refractivity contribution in [2.24, 2.45) is 0 Å². The third-order valence-electron chi connectivity index (χ3n) is 3.21. The minimum absolute atomic E-state index is 0.00335. The summed E-state index contributed by atoms with van der Waals surface area (Å²) in [5.41, 5.74) is 2.47. The molecule has 2 aromatic rings. The average molecular weight is 305 g/mol. The van der Waals surface area contributed by atoms with E-state index in [-0.39, 0.29) is 5.75 Å². The number of carbonyl (C=O) groups is 1. The van der Waals surface area contributed by atoms with Gasteiger partial charge < -0.3 is 9.67 Å². The third kappa shape index (κ3) is 4.07. The molecular weight excluding hydrogens is 286 g/mol. The van der Waals surface area contributed by atoms with Gasteiger partial charge in [0.1, 0.15) is 5.82 Å². The van der Waals surface area contributed by atoms with Crippen molar-refractivity contribution in [2.45, 2.75) is 38.4 Å². The Balaban J connectivity index is 2.19. The monoisotopic (exact) mass is 305 g/mol. The summed E-state index contributed by atoms with van der Waals surface area (Å²) in [4.78, 5) is 10.7. The normalized spacial score (nSPS) is 10.8. The maximum Gasteiger partial charge on any atom is 0.313 e. The zero-order valence-corrected chi connectivity index (χ0v) is 13.1. The van der Waals surface area contributed by atoms with E-state index in [1.165, 1.54) is 22.9 Å². The van der Waals surface area contributed by atoms with Gasteiger partial charge in [-0.2, -0.15) is 0 Å². The molecule has 0 saturated carbocycles. The van der Waals surface area contributed by atoms with Crippen LogP contribution in [0.4, 0.5) is 0 Å². The van der Waals surface area contributed by atoms with Crippen LogP contribution in [-0.4, -0.2) is 31.6 Å². The molecule has 1 aromatic carbocycles. The first kappa shape index (κ1) is 15.6. The molecule has 0 fully saturated rings. The van der Waals surface area contributed by atoms with E-state index in [1.807, 2.05) is 11.5 Å². The van der Waals surface area contributed by atoms with Gasteiger partial charge >= 0.3 is 5.97 Å². The fourth-order valence-corrected chi connectivity index (χ4v) is 2.71. The Labute approximate surface area is 128 Å². The predicted octanol–water partition coefficient (Wildman–Crippen LogP) is 2.63. The van der Waals surface area contributed by atoms with Crippen LogP contribution in [0, 0.1) is 0 Å². The zero-order chi connectivity index (χ0) is 15.2. The van der Waals surface area contributed by atoms with E-state index in [4.69, 9.17) is 5.11 Å². The van der Waals surface area contributed by atoms with Crippen molar-refractivity contribution in [2.75, 3.05) is 5.75 Å². The molecule has 112 valence electrons. The molecule has 0 amide bonds. The Morgan fingerprint density at radius 1 is 1.14 bits per heavy atom. The van der Waals surface area contributed by atoms with E-state index >= 15 is 0 Å². The summed E-state index contributed by atoms with van der Waals surface area (Å²) in [6.45, 7) is 4.82. The standard InChI is InChI=1S/C15H19N3O2S/c1-3-11-5-7-12(8-6-11)9-18-13(4-2)16-17-15(18)21-10-14(19)20/h5-8H,3-4,9-10H2,1-2H3,(H,19,20). The van der Waals surface area contributed by atoms with Crippen molar-refractivity contribution < 1.29 is 9.90 Å². The molecule has 21 heavy (non-hydrogen) atoms. The number of carboxylic acid groups (broad SMARTS) is 1. The molecule has 0 atom stereocenters. The lowest BCUT2D eigenvalue weighted by Crippen LogP contribution is -2.07. The lowest BCUT2D eigenvalue weighted by Gasteiger charge is -2.09. The second-order valence-electron chi connectivity index (χ2n) is 4.69. The second-order valence-corrected chi connectivity index (χ2v) is 5.63. The molecule has 1 heterocycles. The molecule has 6 heteroatoms. The van der Waals surface area contributed by atoms with Gasteiger partial charge in [0.15, 0.2) is 5.16 Å². The van der Waals surface area contributed by atoms with Gasteiger partial charge in [-0.05, 0) is 17.5 Å². The SMILES string of the molecule is CCc1ccc(Cn2c(CC)nnc2SCC(=O)O)cc1. The molecule has 2 rings (SSSR count). The summed E-state index contributed by atoms with van der Waals surface area (Å²) < 4.78 is 1.99. The number of aromatic nitrogens is 3. The van der Waals surface area contributed by atoms with Crippen LogP contribution in [0.1, 0.15) is 30.8 Å².